The molecule has 9 nitrogen and oxygen atoms in total. The molecule has 0 spiro atoms. The van der Waals surface area contributed by atoms with E-state index in [-0.39, 0.29) is 6.04 Å². The molecule has 4 heterocycles. The normalized spacial score (nSPS) is 21.8. The van der Waals surface area contributed by atoms with Gasteiger partial charge in [-0.3, -0.25) is 10.2 Å². The number of hydrogen-bond acceptors (Lipinski definition) is 8. The minimum atomic E-state index is -0.485. The zero-order valence-corrected chi connectivity index (χ0v) is 23.3. The summed E-state index contributed by atoms with van der Waals surface area (Å²) in [6, 6.07) is 16.1. The average Bonchev–Trinajstić information content (AvgIpc) is 2.95. The number of carbonyl (C=O) groups excluding carboxylic acids is 1. The van der Waals surface area contributed by atoms with Gasteiger partial charge in [-0.25, -0.2) is 14.8 Å². The van der Waals surface area contributed by atoms with Gasteiger partial charge in [-0.15, -0.1) is 0 Å². The first-order chi connectivity index (χ1) is 18.8. The smallest absolute Gasteiger partial charge is 0.411 e. The van der Waals surface area contributed by atoms with Crippen molar-refractivity contribution in [2.24, 2.45) is 5.92 Å². The molecule has 1 aromatic heterocycles. The Kier molecular flexibility index (Phi) is 7.88. The molecule has 0 radical (unpaired) electrons. The second-order valence-electron chi connectivity index (χ2n) is 10.5. The van der Waals surface area contributed by atoms with Crippen molar-refractivity contribution in [2.45, 2.75) is 31.7 Å². The molecule has 2 aromatic carbocycles. The summed E-state index contributed by atoms with van der Waals surface area (Å²) in [7, 11) is 7.22. The van der Waals surface area contributed by atoms with Crippen molar-refractivity contribution in [3.8, 4) is 22.8 Å². The lowest BCUT2D eigenvalue weighted by atomic mass is 9.74. The van der Waals surface area contributed by atoms with Gasteiger partial charge >= 0.3 is 6.09 Å². The van der Waals surface area contributed by atoms with E-state index in [4.69, 9.17) is 24.2 Å². The van der Waals surface area contributed by atoms with Crippen LogP contribution >= 0.6 is 0 Å². The first kappa shape index (κ1) is 26.7. The lowest BCUT2D eigenvalue weighted by Crippen LogP contribution is -2.54. The van der Waals surface area contributed by atoms with Crippen molar-refractivity contribution in [3.05, 3.63) is 60.0 Å². The Morgan fingerprint density at radius 1 is 1.05 bits per heavy atom. The standard InChI is InChI=1S/C30H37N5O4/c1-19-31-28(20-6-8-23(9-7-20)34(2)3)16-29(32-19)27-17-35-11-10-21(27)12-24(35)18-39-30(36)33-22-13-25(37-4)15-26(14-22)38-5/h6-9,13-16,21,24,27H,10-12,17-18H2,1-5H3,(H,33,36). The van der Waals surface area contributed by atoms with Crippen molar-refractivity contribution in [1.82, 2.24) is 14.9 Å². The Bertz CT molecular complexity index is 1290. The maximum absolute atomic E-state index is 12.6. The Balaban J connectivity index is 1.22. The van der Waals surface area contributed by atoms with Gasteiger partial charge in [0, 0.05) is 67.7 Å². The molecule has 4 atom stereocenters. The predicted molar refractivity (Wildman–Crippen MR) is 152 cm³/mol. The molecule has 1 amide bonds. The topological polar surface area (TPSA) is 89.1 Å². The van der Waals surface area contributed by atoms with Gasteiger partial charge in [0.2, 0.25) is 0 Å². The van der Waals surface area contributed by atoms with E-state index in [9.17, 15) is 4.79 Å². The fourth-order valence-corrected chi connectivity index (χ4v) is 5.71. The quantitative estimate of drug-likeness (QED) is 0.436. The number of benzene rings is 2. The van der Waals surface area contributed by atoms with Gasteiger partial charge in [0.1, 0.15) is 23.9 Å². The third-order valence-electron chi connectivity index (χ3n) is 7.80. The number of rotatable bonds is 8. The highest BCUT2D eigenvalue weighted by molar-refractivity contribution is 5.85. The highest BCUT2D eigenvalue weighted by Gasteiger charge is 2.42. The minimum Gasteiger partial charge on any atom is -0.497 e. The number of fused-ring (bicyclic) bond motifs is 3. The molecule has 9 heteroatoms. The molecule has 3 saturated heterocycles. The molecular formula is C30H37N5O4. The van der Waals surface area contributed by atoms with Gasteiger partial charge in [-0.1, -0.05) is 12.1 Å². The van der Waals surface area contributed by atoms with E-state index in [1.165, 1.54) is 0 Å². The number of methoxy groups -OCH3 is 2. The van der Waals surface area contributed by atoms with Crippen molar-refractivity contribution >= 4 is 17.5 Å². The second-order valence-corrected chi connectivity index (χ2v) is 10.5. The van der Waals surface area contributed by atoms with E-state index in [0.717, 1.165) is 54.4 Å². The number of nitrogens with zero attached hydrogens (tertiary/aromatic N) is 4. The van der Waals surface area contributed by atoms with Crippen LogP contribution in [-0.2, 0) is 4.74 Å². The molecule has 0 aliphatic carbocycles. The summed E-state index contributed by atoms with van der Waals surface area (Å²) in [4.78, 5) is 26.7. The lowest BCUT2D eigenvalue weighted by Gasteiger charge is -2.49. The Morgan fingerprint density at radius 2 is 1.77 bits per heavy atom. The van der Waals surface area contributed by atoms with Crippen LogP contribution in [0.15, 0.2) is 48.5 Å². The summed E-state index contributed by atoms with van der Waals surface area (Å²) in [5.41, 5.74) is 4.89. The van der Waals surface area contributed by atoms with Gasteiger partial charge in [-0.2, -0.15) is 0 Å². The fourth-order valence-electron chi connectivity index (χ4n) is 5.71. The van der Waals surface area contributed by atoms with Crippen molar-refractivity contribution in [2.75, 3.05) is 58.2 Å². The van der Waals surface area contributed by atoms with E-state index >= 15 is 0 Å². The van der Waals surface area contributed by atoms with E-state index in [1.54, 1.807) is 32.4 Å². The number of hydrogen-bond donors (Lipinski definition) is 1. The summed E-state index contributed by atoms with van der Waals surface area (Å²) >= 11 is 0. The summed E-state index contributed by atoms with van der Waals surface area (Å²) in [6.45, 7) is 4.23. The van der Waals surface area contributed by atoms with E-state index in [2.05, 4.69) is 45.4 Å². The van der Waals surface area contributed by atoms with E-state index in [1.807, 2.05) is 21.0 Å². The maximum atomic E-state index is 12.6. The van der Waals surface area contributed by atoms with Crippen molar-refractivity contribution in [3.63, 3.8) is 0 Å². The number of aromatic nitrogens is 2. The summed E-state index contributed by atoms with van der Waals surface area (Å²) in [5.74, 6) is 2.82. The Morgan fingerprint density at radius 3 is 2.38 bits per heavy atom. The van der Waals surface area contributed by atoms with Crippen LogP contribution in [0.4, 0.5) is 16.2 Å². The number of amides is 1. The van der Waals surface area contributed by atoms with Gasteiger partial charge < -0.3 is 19.1 Å². The molecule has 3 fully saturated rings. The van der Waals surface area contributed by atoms with Crippen molar-refractivity contribution in [1.29, 1.82) is 0 Å². The number of aryl methyl sites for hydroxylation is 1. The van der Waals surface area contributed by atoms with Gasteiger partial charge in [0.05, 0.1) is 25.6 Å². The summed E-state index contributed by atoms with van der Waals surface area (Å²) in [5, 5.41) is 2.79. The lowest BCUT2D eigenvalue weighted by molar-refractivity contribution is -0.00151. The predicted octanol–water partition coefficient (Wildman–Crippen LogP) is 4.96. The molecule has 3 aromatic rings. The number of ether oxygens (including phenoxy) is 3. The third-order valence-corrected chi connectivity index (χ3v) is 7.80. The van der Waals surface area contributed by atoms with Crippen LogP contribution in [0.5, 0.6) is 11.5 Å². The molecule has 6 rings (SSSR count). The Hall–Kier alpha value is -3.85. The fraction of sp³-hybridized carbons (Fsp3) is 0.433. The Labute approximate surface area is 230 Å². The highest BCUT2D eigenvalue weighted by Crippen LogP contribution is 2.42. The monoisotopic (exact) mass is 531 g/mol. The van der Waals surface area contributed by atoms with Crippen molar-refractivity contribution < 1.29 is 19.0 Å². The zero-order valence-electron chi connectivity index (χ0n) is 23.3. The number of nitrogens with one attached hydrogen (secondary N) is 1. The minimum absolute atomic E-state index is 0.201. The molecule has 3 aliphatic heterocycles. The molecule has 3 aliphatic rings. The molecule has 0 saturated carbocycles. The van der Waals surface area contributed by atoms with Gasteiger partial charge in [-0.05, 0) is 50.4 Å². The van der Waals surface area contributed by atoms with Gasteiger partial charge in [0.15, 0.2) is 0 Å². The van der Waals surface area contributed by atoms with Crippen LogP contribution in [0.3, 0.4) is 0 Å². The highest BCUT2D eigenvalue weighted by atomic mass is 16.5. The number of anilines is 2. The SMILES string of the molecule is COc1cc(NC(=O)OCC2CC3CCN2CC3c2cc(-c3ccc(N(C)C)cc3)nc(C)n2)cc(OC)c1. The number of carbonyl (C=O) groups is 1. The average molecular weight is 532 g/mol. The third kappa shape index (κ3) is 6.09. The van der Waals surface area contributed by atoms with Crippen LogP contribution in [0.1, 0.15) is 30.3 Å². The second kappa shape index (κ2) is 11.5. The largest absolute Gasteiger partial charge is 0.497 e. The first-order valence-corrected chi connectivity index (χ1v) is 13.4. The van der Waals surface area contributed by atoms with E-state index < -0.39 is 6.09 Å². The van der Waals surface area contributed by atoms with Crippen LogP contribution in [0, 0.1) is 12.8 Å². The first-order valence-electron chi connectivity index (χ1n) is 13.4. The van der Waals surface area contributed by atoms with Crippen LogP contribution in [0.2, 0.25) is 0 Å². The molecule has 4 unspecified atom stereocenters. The van der Waals surface area contributed by atoms with E-state index in [0.29, 0.717) is 35.6 Å². The summed E-state index contributed by atoms with van der Waals surface area (Å²) < 4.78 is 16.2. The summed E-state index contributed by atoms with van der Waals surface area (Å²) in [6.07, 6.45) is 1.61. The zero-order chi connectivity index (χ0) is 27.5. The molecule has 1 N–H and O–H groups in total. The molecular weight excluding hydrogens is 494 g/mol. The molecule has 39 heavy (non-hydrogen) atoms. The molecule has 2 bridgehead atoms. The van der Waals surface area contributed by atoms with Crippen LogP contribution < -0.4 is 19.7 Å². The van der Waals surface area contributed by atoms with Gasteiger partial charge in [0.25, 0.3) is 0 Å². The maximum Gasteiger partial charge on any atom is 0.411 e. The van der Waals surface area contributed by atoms with Crippen LogP contribution in [0.25, 0.3) is 11.3 Å². The number of piperidine rings is 3. The molecule has 206 valence electrons. The van der Waals surface area contributed by atoms with Crippen LogP contribution in [-0.4, -0.2) is 75.0 Å².